The van der Waals surface area contributed by atoms with Crippen LogP contribution in [0.3, 0.4) is 0 Å². The van der Waals surface area contributed by atoms with Gasteiger partial charge in [-0.3, -0.25) is 14.4 Å². The van der Waals surface area contributed by atoms with Crippen LogP contribution in [0, 0.1) is 17.8 Å². The van der Waals surface area contributed by atoms with Crippen LogP contribution in [0.5, 0.6) is 5.75 Å². The number of methoxy groups -OCH3 is 1. The van der Waals surface area contributed by atoms with Crippen molar-refractivity contribution in [1.82, 2.24) is 4.90 Å². The van der Waals surface area contributed by atoms with E-state index < -0.39 is 41.1 Å². The van der Waals surface area contributed by atoms with Gasteiger partial charge in [-0.25, -0.2) is 0 Å². The number of esters is 1. The maximum Gasteiger partial charge on any atom is 0.312 e. The van der Waals surface area contributed by atoms with Crippen LogP contribution in [0.1, 0.15) is 46.5 Å². The Morgan fingerprint density at radius 3 is 2.50 bits per heavy atom. The third-order valence-electron chi connectivity index (χ3n) is 8.77. The highest BCUT2D eigenvalue weighted by atomic mass is 16.6. The zero-order chi connectivity index (χ0) is 29.2. The highest BCUT2D eigenvalue weighted by Gasteiger charge is 2.79. The number of benzene rings is 1. The summed E-state index contributed by atoms with van der Waals surface area (Å²) in [5, 5.41) is 10.4. The van der Waals surface area contributed by atoms with E-state index >= 15 is 0 Å². The smallest absolute Gasteiger partial charge is 0.312 e. The molecule has 1 N–H and O–H groups in total. The number of carbonyl (C=O) groups is 3. The Kier molecular flexibility index (Phi) is 8.75. The molecule has 9 heteroatoms. The number of likely N-dealkylation sites (tertiary alicyclic amines) is 1. The van der Waals surface area contributed by atoms with E-state index in [-0.39, 0.29) is 37.5 Å². The molecular weight excluding hydrogens is 512 g/mol. The van der Waals surface area contributed by atoms with Crippen LogP contribution < -0.4 is 9.64 Å². The van der Waals surface area contributed by atoms with Gasteiger partial charge in [-0.1, -0.05) is 26.0 Å². The number of rotatable bonds is 13. The number of fused-ring (bicyclic) bond motifs is 1. The molecule has 1 aromatic rings. The molecule has 3 fully saturated rings. The zero-order valence-electron chi connectivity index (χ0n) is 24.0. The predicted molar refractivity (Wildman–Crippen MR) is 151 cm³/mol. The summed E-state index contributed by atoms with van der Waals surface area (Å²) >= 11 is 0. The molecule has 3 heterocycles. The molecule has 3 saturated heterocycles. The number of carbonyl (C=O) groups excluding carboxylic acids is 3. The summed E-state index contributed by atoms with van der Waals surface area (Å²) in [5.74, 6) is -2.42. The molecule has 0 aromatic heterocycles. The molecule has 2 unspecified atom stereocenters. The first kappa shape index (κ1) is 29.8. The lowest BCUT2D eigenvalue weighted by Crippen LogP contribution is -2.60. The van der Waals surface area contributed by atoms with E-state index in [2.05, 4.69) is 13.2 Å². The van der Waals surface area contributed by atoms with Crippen molar-refractivity contribution in [2.24, 2.45) is 17.8 Å². The molecule has 218 valence electrons. The Balaban J connectivity index is 1.78. The fraction of sp³-hybridized carbons (Fsp3) is 0.581. The molecule has 1 aromatic carbocycles. The lowest BCUT2D eigenvalue weighted by atomic mass is 9.66. The Labute approximate surface area is 236 Å². The molecule has 0 saturated carbocycles. The maximum atomic E-state index is 14.6. The number of aliphatic hydroxyl groups is 1. The van der Waals surface area contributed by atoms with Gasteiger partial charge in [0.2, 0.25) is 5.91 Å². The van der Waals surface area contributed by atoms with Crippen molar-refractivity contribution in [2.45, 2.75) is 69.7 Å². The Morgan fingerprint density at radius 2 is 1.93 bits per heavy atom. The minimum atomic E-state index is -1.22. The standard InChI is InChI=1S/C31H42N2O7/c1-7-9-10-18-39-29(37)25-24-27(35)33(23(19-34)20(3)4)26(31(24)16-15-30(25,5)40-31)28(36)32(17-8-2)21-11-13-22(38-6)14-12-21/h7-8,11-14,20,23-26,34H,1-2,9-10,15-19H2,3-6H3/t23-,24-,25-,26?,30+,31?/m0/s1. The van der Waals surface area contributed by atoms with Crippen molar-refractivity contribution in [3.8, 4) is 5.75 Å². The fourth-order valence-electron chi connectivity index (χ4n) is 6.83. The molecule has 2 amide bonds. The number of aliphatic hydroxyl groups excluding tert-OH is 1. The summed E-state index contributed by atoms with van der Waals surface area (Å²) in [6, 6.07) is 5.41. The normalized spacial score (nSPS) is 29.3. The monoisotopic (exact) mass is 554 g/mol. The number of nitrogens with zero attached hydrogens (tertiary/aromatic N) is 2. The number of hydrogen-bond acceptors (Lipinski definition) is 7. The quantitative estimate of drug-likeness (QED) is 0.226. The fourth-order valence-corrected chi connectivity index (χ4v) is 6.83. The second-order valence-electron chi connectivity index (χ2n) is 11.5. The van der Waals surface area contributed by atoms with Gasteiger partial charge < -0.3 is 29.1 Å². The zero-order valence-corrected chi connectivity index (χ0v) is 24.0. The number of amides is 2. The first-order chi connectivity index (χ1) is 19.1. The highest BCUT2D eigenvalue weighted by molar-refractivity contribution is 6.05. The van der Waals surface area contributed by atoms with Gasteiger partial charge in [-0.2, -0.15) is 0 Å². The van der Waals surface area contributed by atoms with E-state index in [0.717, 1.165) is 0 Å². The molecule has 0 radical (unpaired) electrons. The summed E-state index contributed by atoms with van der Waals surface area (Å²) in [6.07, 6.45) is 5.68. The van der Waals surface area contributed by atoms with Crippen molar-refractivity contribution >= 4 is 23.5 Å². The number of unbranched alkanes of at least 4 members (excludes halogenated alkanes) is 1. The number of allylic oxidation sites excluding steroid dienone is 1. The average Bonchev–Trinajstić information content (AvgIpc) is 3.50. The largest absolute Gasteiger partial charge is 0.497 e. The minimum absolute atomic E-state index is 0.148. The number of hydrogen-bond donors (Lipinski definition) is 1. The molecule has 3 aliphatic heterocycles. The second-order valence-corrected chi connectivity index (χ2v) is 11.5. The summed E-state index contributed by atoms with van der Waals surface area (Å²) in [6.45, 7) is 13.3. The van der Waals surface area contributed by atoms with E-state index in [9.17, 15) is 19.5 Å². The Hall–Kier alpha value is -3.17. The average molecular weight is 555 g/mol. The third-order valence-corrected chi connectivity index (χ3v) is 8.77. The minimum Gasteiger partial charge on any atom is -0.497 e. The molecule has 0 aliphatic carbocycles. The van der Waals surface area contributed by atoms with Crippen LogP contribution in [0.2, 0.25) is 0 Å². The molecule has 1 spiro atoms. The van der Waals surface area contributed by atoms with E-state index in [1.807, 2.05) is 20.8 Å². The second kappa shape index (κ2) is 11.7. The Bertz CT molecular complexity index is 1130. The van der Waals surface area contributed by atoms with Crippen LogP contribution in [0.25, 0.3) is 0 Å². The van der Waals surface area contributed by atoms with Crippen LogP contribution in [0.4, 0.5) is 5.69 Å². The van der Waals surface area contributed by atoms with Crippen LogP contribution in [-0.2, 0) is 23.9 Å². The summed E-state index contributed by atoms with van der Waals surface area (Å²) in [5.41, 5.74) is -1.54. The summed E-state index contributed by atoms with van der Waals surface area (Å²) in [4.78, 5) is 45.5. The SMILES string of the molecule is C=CCCCOC(=O)[C@@H]1[C@H]2C(=O)N([C@@H](CO)C(C)C)C(C(=O)N(CC=C)c3ccc(OC)cc3)C23CC[C@@]1(C)O3. The number of ether oxygens (including phenoxy) is 3. The van der Waals surface area contributed by atoms with Crippen LogP contribution in [0.15, 0.2) is 49.6 Å². The van der Waals surface area contributed by atoms with Crippen molar-refractivity contribution in [2.75, 3.05) is 31.8 Å². The van der Waals surface area contributed by atoms with Gasteiger partial charge >= 0.3 is 5.97 Å². The molecule has 40 heavy (non-hydrogen) atoms. The maximum absolute atomic E-state index is 14.6. The van der Waals surface area contributed by atoms with E-state index in [4.69, 9.17) is 14.2 Å². The van der Waals surface area contributed by atoms with Gasteiger partial charge in [-0.15, -0.1) is 13.2 Å². The van der Waals surface area contributed by atoms with Gasteiger partial charge in [0, 0.05) is 12.2 Å². The van der Waals surface area contributed by atoms with Gasteiger partial charge in [0.1, 0.15) is 23.3 Å². The van der Waals surface area contributed by atoms with Crippen molar-refractivity contribution in [3.05, 3.63) is 49.6 Å². The van der Waals surface area contributed by atoms with Gasteiger partial charge in [-0.05, 0) is 62.8 Å². The van der Waals surface area contributed by atoms with E-state index in [1.54, 1.807) is 48.4 Å². The number of anilines is 1. The van der Waals surface area contributed by atoms with E-state index in [0.29, 0.717) is 37.1 Å². The summed E-state index contributed by atoms with van der Waals surface area (Å²) in [7, 11) is 1.57. The lowest BCUT2D eigenvalue weighted by Gasteiger charge is -2.40. The molecule has 3 aliphatic rings. The first-order valence-electron chi connectivity index (χ1n) is 14.1. The molecular formula is C31H42N2O7. The van der Waals surface area contributed by atoms with Gasteiger partial charge in [0.05, 0.1) is 37.9 Å². The van der Waals surface area contributed by atoms with Gasteiger partial charge in [0.25, 0.3) is 5.91 Å². The molecule has 9 nitrogen and oxygen atoms in total. The van der Waals surface area contributed by atoms with Crippen LogP contribution in [-0.4, -0.2) is 77.9 Å². The van der Waals surface area contributed by atoms with Crippen molar-refractivity contribution in [1.29, 1.82) is 0 Å². The van der Waals surface area contributed by atoms with Crippen molar-refractivity contribution in [3.63, 3.8) is 0 Å². The highest BCUT2D eigenvalue weighted by Crippen LogP contribution is 2.64. The lowest BCUT2D eigenvalue weighted by molar-refractivity contribution is -0.161. The third kappa shape index (κ3) is 4.83. The molecule has 2 bridgehead atoms. The predicted octanol–water partition coefficient (Wildman–Crippen LogP) is 3.51. The van der Waals surface area contributed by atoms with Gasteiger partial charge in [0.15, 0.2) is 0 Å². The van der Waals surface area contributed by atoms with Crippen LogP contribution >= 0.6 is 0 Å². The topological polar surface area (TPSA) is 106 Å². The Morgan fingerprint density at radius 1 is 1.23 bits per heavy atom. The molecule has 4 rings (SSSR count). The molecule has 6 atom stereocenters. The van der Waals surface area contributed by atoms with Crippen molar-refractivity contribution < 1.29 is 33.7 Å². The van der Waals surface area contributed by atoms with E-state index in [1.165, 1.54) is 4.90 Å². The first-order valence-corrected chi connectivity index (χ1v) is 14.1. The summed E-state index contributed by atoms with van der Waals surface area (Å²) < 4.78 is 17.6.